The van der Waals surface area contributed by atoms with Crippen LogP contribution >= 0.6 is 0 Å². The van der Waals surface area contributed by atoms with E-state index in [2.05, 4.69) is 4.90 Å². The van der Waals surface area contributed by atoms with Gasteiger partial charge in [-0.3, -0.25) is 4.90 Å². The summed E-state index contributed by atoms with van der Waals surface area (Å²) in [5.41, 5.74) is -8.67. The number of ether oxygens (including phenoxy) is 5. The Labute approximate surface area is 495 Å². The zero-order chi connectivity index (χ0) is 62.6. The van der Waals surface area contributed by atoms with E-state index in [1.807, 2.05) is 30.3 Å². The van der Waals surface area contributed by atoms with Gasteiger partial charge in [0.15, 0.2) is 0 Å². The second-order valence-electron chi connectivity index (χ2n) is 28.3. The van der Waals surface area contributed by atoms with Gasteiger partial charge in [0.1, 0.15) is 28.0 Å². The minimum Gasteiger partial charge on any atom is -0.465 e. The van der Waals surface area contributed by atoms with Crippen LogP contribution in [0.4, 0.5) is 27.6 Å². The van der Waals surface area contributed by atoms with Crippen molar-refractivity contribution in [2.24, 2.45) is 17.8 Å². The van der Waals surface area contributed by atoms with Gasteiger partial charge in [0, 0.05) is 95.9 Å². The van der Waals surface area contributed by atoms with E-state index in [0.717, 1.165) is 21.6 Å². The molecule has 1 N–H and O–H groups in total. The second kappa shape index (κ2) is 25.7. The maximum atomic E-state index is 18.0. The molecule has 6 atom stereocenters. The van der Waals surface area contributed by atoms with E-state index in [0.29, 0.717) is 16.7 Å². The molecule has 3 aromatic rings. The summed E-state index contributed by atoms with van der Waals surface area (Å²) in [6, 6.07) is 21.5. The highest BCUT2D eigenvalue weighted by atomic mass is 19.2. The van der Waals surface area contributed by atoms with Gasteiger partial charge < -0.3 is 43.5 Å². The van der Waals surface area contributed by atoms with Crippen molar-refractivity contribution in [1.29, 1.82) is 0 Å². The Hall–Kier alpha value is -6.37. The summed E-state index contributed by atoms with van der Waals surface area (Å²) in [7, 11) is 0. The first-order valence-electron chi connectivity index (χ1n) is 29.3. The summed E-state index contributed by atoms with van der Waals surface area (Å²) < 4.78 is 81.9. The molecule has 3 aliphatic rings. The second-order valence-corrected chi connectivity index (χ2v) is 28.3. The highest BCUT2D eigenvalue weighted by molar-refractivity contribution is 5.83. The number of halogens is 3. The smallest absolute Gasteiger partial charge is 0.410 e. The molecule has 84 heavy (non-hydrogen) atoms. The molecule has 0 bridgehead atoms. The van der Waals surface area contributed by atoms with Gasteiger partial charge in [-0.15, -0.1) is 0 Å². The largest absolute Gasteiger partial charge is 0.465 e. The Kier molecular flexibility index (Phi) is 20.4. The predicted molar refractivity (Wildman–Crippen MR) is 312 cm³/mol. The third-order valence-electron chi connectivity index (χ3n) is 14.9. The van der Waals surface area contributed by atoms with Crippen molar-refractivity contribution in [3.63, 3.8) is 0 Å². The van der Waals surface area contributed by atoms with Crippen LogP contribution in [0.2, 0.25) is 0 Å². The van der Waals surface area contributed by atoms with Crippen molar-refractivity contribution in [1.82, 2.24) is 19.6 Å². The van der Waals surface area contributed by atoms with Crippen LogP contribution in [0.3, 0.4) is 0 Å². The minimum atomic E-state index is -2.58. The van der Waals surface area contributed by atoms with Crippen LogP contribution in [0.25, 0.3) is 0 Å². The maximum Gasteiger partial charge on any atom is 0.410 e. The molecule has 0 aromatic heterocycles. The van der Waals surface area contributed by atoms with Crippen molar-refractivity contribution in [2.75, 3.05) is 39.3 Å². The number of rotatable bonds is 18. The number of carbonyl (C=O) groups is 6. The van der Waals surface area contributed by atoms with E-state index < -0.39 is 105 Å². The van der Waals surface area contributed by atoms with E-state index in [1.54, 1.807) is 146 Å². The number of likely N-dealkylation sites (tertiary alicyclic amines) is 3. The van der Waals surface area contributed by atoms with Gasteiger partial charge in [-0.05, 0) is 156 Å². The molecule has 0 spiro atoms. The molecule has 3 heterocycles. The number of carbonyl (C=O) groups excluding carboxylic acids is 5. The monoisotopic (exact) mass is 1180 g/mol. The van der Waals surface area contributed by atoms with E-state index in [4.69, 9.17) is 23.7 Å². The fourth-order valence-corrected chi connectivity index (χ4v) is 11.1. The first kappa shape index (κ1) is 66.8. The average Bonchev–Trinajstić information content (AvgIpc) is 3.45. The first-order valence-corrected chi connectivity index (χ1v) is 29.3. The Morgan fingerprint density at radius 2 is 0.679 bits per heavy atom. The van der Waals surface area contributed by atoms with Crippen LogP contribution < -0.4 is 0 Å². The van der Waals surface area contributed by atoms with Gasteiger partial charge in [0.2, 0.25) is 17.0 Å². The van der Waals surface area contributed by atoms with Crippen molar-refractivity contribution >= 4 is 36.2 Å². The molecule has 0 radical (unpaired) electrons. The first-order chi connectivity index (χ1) is 38.6. The molecular weight excluding hydrogens is 1090 g/mol. The number of hydrogen-bond acceptors (Lipinski definition) is 12. The van der Waals surface area contributed by atoms with Gasteiger partial charge in [-0.25, -0.2) is 41.9 Å². The van der Waals surface area contributed by atoms with Crippen LogP contribution in [0.5, 0.6) is 0 Å². The number of nitrogens with zero attached hydrogens (tertiary/aromatic N) is 4. The number of esters is 3. The van der Waals surface area contributed by atoms with Crippen molar-refractivity contribution in [3.05, 3.63) is 106 Å². The molecule has 3 aliphatic heterocycles. The Morgan fingerprint density at radius 1 is 0.429 bits per heavy atom. The van der Waals surface area contributed by atoms with Crippen LogP contribution in [0.1, 0.15) is 156 Å². The molecule has 16 nitrogen and oxygen atoms in total. The lowest BCUT2D eigenvalue weighted by Crippen LogP contribution is -2.48. The highest BCUT2D eigenvalue weighted by Crippen LogP contribution is 2.41. The normalized spacial score (nSPS) is 20.2. The zero-order valence-electron chi connectivity index (χ0n) is 52.1. The zero-order valence-corrected chi connectivity index (χ0v) is 52.1. The number of alkyl halides is 3. The van der Waals surface area contributed by atoms with Crippen molar-refractivity contribution in [2.45, 2.75) is 207 Å². The van der Waals surface area contributed by atoms with Crippen LogP contribution in [-0.2, 0) is 77.0 Å². The summed E-state index contributed by atoms with van der Waals surface area (Å²) in [6.45, 7) is 26.2. The summed E-state index contributed by atoms with van der Waals surface area (Å²) in [6.07, 6.45) is -3.03. The molecular formula is C65H91F3N4O12. The summed E-state index contributed by atoms with van der Waals surface area (Å²) in [5.74, 6) is -5.96. The third kappa shape index (κ3) is 18.6. The van der Waals surface area contributed by atoms with Gasteiger partial charge in [0.25, 0.3) is 0 Å². The van der Waals surface area contributed by atoms with E-state index >= 15 is 13.2 Å². The number of amides is 3. The van der Waals surface area contributed by atoms with Crippen molar-refractivity contribution in [3.8, 4) is 0 Å². The van der Waals surface area contributed by atoms with E-state index in [1.165, 1.54) is 9.80 Å². The highest BCUT2D eigenvalue weighted by Gasteiger charge is 2.55. The molecule has 0 saturated carbocycles. The molecule has 3 fully saturated rings. The molecule has 3 amide bonds. The fourth-order valence-electron chi connectivity index (χ4n) is 11.1. The van der Waals surface area contributed by atoms with Crippen LogP contribution in [0.15, 0.2) is 72.8 Å². The van der Waals surface area contributed by atoms with Gasteiger partial charge >= 0.3 is 36.2 Å². The van der Waals surface area contributed by atoms with Crippen molar-refractivity contribution < 1.29 is 70.7 Å². The number of hydrogen-bond donors (Lipinski definition) is 1. The molecule has 0 aliphatic carbocycles. The topological polar surface area (TPSA) is 182 Å². The Balaban J connectivity index is 1.35. The molecule has 19 heteroatoms. The maximum absolute atomic E-state index is 18.0. The van der Waals surface area contributed by atoms with Gasteiger partial charge in [-0.2, -0.15) is 0 Å². The summed E-state index contributed by atoms with van der Waals surface area (Å²) >= 11 is 0. The summed E-state index contributed by atoms with van der Waals surface area (Å²) in [5, 5.41) is 9.77. The van der Waals surface area contributed by atoms with Gasteiger partial charge in [0.05, 0.1) is 0 Å². The lowest BCUT2D eigenvalue weighted by molar-refractivity contribution is -0.174. The van der Waals surface area contributed by atoms with Gasteiger partial charge in [-0.1, -0.05) is 72.8 Å². The SMILES string of the molecule is CC(C)(C)OC(=O)N1CC[C@H](C(F)(Cc2cccc(CN(Cc3cccc(CC(F)(C(=O)OC(C)(C)C)[C@H]4CCN(C(=O)O)C4)c3)Cc3cccc(CC(F)(C(=O)OC(C)(C)C)[C@H]4CCN(C(=O)OC(C)(C)C)C4)c3)c2)C(=O)OC(C)(C)C)C1. The number of benzene rings is 3. The molecule has 6 rings (SSSR count). The van der Waals surface area contributed by atoms with E-state index in [9.17, 15) is 33.9 Å². The lowest BCUT2D eigenvalue weighted by Gasteiger charge is -2.33. The van der Waals surface area contributed by atoms with Crippen LogP contribution in [0, 0.1) is 17.8 Å². The Morgan fingerprint density at radius 3 is 0.929 bits per heavy atom. The number of carboxylic acid groups (broad SMARTS) is 1. The molecule has 464 valence electrons. The molecule has 3 unspecified atom stereocenters. The standard InChI is InChI=1S/C65H91F3N4O12/c1-58(2,3)80-52(73)63(66,49-25-28-70(40-49)55(76)77)34-43-19-16-22-46(31-43)37-69(38-47-23-17-20-44(32-47)35-64(67,53(74)81-59(4,5)6)50-26-29-71(41-50)56(78)83-61(10,11)12)39-48-24-18-21-45(33-48)36-65(68,54(75)82-60(7,8)9)51-27-30-72(42-51)57(79)84-62(13,14)15/h16-24,31-33,49-51H,25-30,34-42H2,1-15H3,(H,76,77)/t49-,50-,51-,63?,64?,65?/m0/s1. The Bertz CT molecular complexity index is 2720. The quantitative estimate of drug-likeness (QED) is 0.0939. The minimum absolute atomic E-state index is 0.0626. The third-order valence-corrected chi connectivity index (χ3v) is 14.9. The lowest BCUT2D eigenvalue weighted by atomic mass is 9.82. The average molecular weight is 1180 g/mol. The molecule has 3 aromatic carbocycles. The molecule has 3 saturated heterocycles. The predicted octanol–water partition coefficient (Wildman–Crippen LogP) is 12.2. The summed E-state index contributed by atoms with van der Waals surface area (Å²) in [4.78, 5) is 86.3. The fraction of sp³-hybridized carbons (Fsp3) is 0.631. The van der Waals surface area contributed by atoms with E-state index in [-0.39, 0.29) is 91.0 Å². The van der Waals surface area contributed by atoms with Crippen LogP contribution in [-0.4, -0.2) is 145 Å².